The molecule has 2 heterocycles. The molecule has 1 unspecified atom stereocenters. The Kier molecular flexibility index (Phi) is 4.16. The lowest BCUT2D eigenvalue weighted by atomic mass is 9.84. The fraction of sp³-hybridized carbons (Fsp3) is 0.533. The zero-order chi connectivity index (χ0) is 15.6. The van der Waals surface area contributed by atoms with Crippen LogP contribution in [0.25, 0.3) is 0 Å². The van der Waals surface area contributed by atoms with Crippen LogP contribution in [0.5, 0.6) is 0 Å². The highest BCUT2D eigenvalue weighted by Gasteiger charge is 2.41. The summed E-state index contributed by atoms with van der Waals surface area (Å²) in [6.07, 6.45) is 1.68. The summed E-state index contributed by atoms with van der Waals surface area (Å²) in [5.41, 5.74) is -0.472. The normalized spacial score (nSPS) is 19.6. The maximum absolute atomic E-state index is 12.1. The quantitative estimate of drug-likeness (QED) is 0.866. The number of aromatic nitrogens is 1. The van der Waals surface area contributed by atoms with Crippen molar-refractivity contribution >= 4 is 11.8 Å². The minimum Gasteiger partial charge on any atom is -0.345 e. The van der Waals surface area contributed by atoms with E-state index in [-0.39, 0.29) is 29.3 Å². The van der Waals surface area contributed by atoms with Crippen LogP contribution < -0.4 is 10.9 Å². The van der Waals surface area contributed by atoms with Crippen LogP contribution in [0.4, 0.5) is 0 Å². The van der Waals surface area contributed by atoms with E-state index in [1.54, 1.807) is 27.8 Å². The average molecular weight is 291 g/mol. The van der Waals surface area contributed by atoms with Crippen LogP contribution in [0.1, 0.15) is 20.8 Å². The largest absolute Gasteiger partial charge is 0.345 e. The zero-order valence-electron chi connectivity index (χ0n) is 12.6. The molecule has 1 aliphatic heterocycles. The highest BCUT2D eigenvalue weighted by molar-refractivity contribution is 5.95. The Morgan fingerprint density at radius 3 is 2.52 bits per heavy atom. The first kappa shape index (κ1) is 15.3. The molecular formula is C15H21N3O3. The van der Waals surface area contributed by atoms with Gasteiger partial charge in [0.15, 0.2) is 0 Å². The monoisotopic (exact) mass is 291 g/mol. The van der Waals surface area contributed by atoms with Crippen LogP contribution in [0.3, 0.4) is 0 Å². The molecule has 6 heteroatoms. The van der Waals surface area contributed by atoms with Gasteiger partial charge in [0.05, 0.1) is 6.54 Å². The summed E-state index contributed by atoms with van der Waals surface area (Å²) in [5, 5.41) is 2.63. The zero-order valence-corrected chi connectivity index (χ0v) is 12.6. The number of carbonyl (C=O) groups is 2. The van der Waals surface area contributed by atoms with E-state index in [4.69, 9.17) is 0 Å². The first-order chi connectivity index (χ1) is 9.80. The molecule has 1 aromatic rings. The first-order valence-electron chi connectivity index (χ1n) is 7.03. The van der Waals surface area contributed by atoms with Crippen molar-refractivity contribution in [3.63, 3.8) is 0 Å². The third-order valence-corrected chi connectivity index (χ3v) is 3.60. The Hall–Kier alpha value is -2.11. The third-order valence-electron chi connectivity index (χ3n) is 3.60. The van der Waals surface area contributed by atoms with E-state index in [2.05, 4.69) is 5.32 Å². The molecule has 1 fully saturated rings. The molecule has 114 valence electrons. The molecule has 6 nitrogen and oxygen atoms in total. The summed E-state index contributed by atoms with van der Waals surface area (Å²) in [6, 6.07) is 4.41. The van der Waals surface area contributed by atoms with E-state index in [0.29, 0.717) is 13.1 Å². The Labute approximate surface area is 123 Å². The van der Waals surface area contributed by atoms with Crippen molar-refractivity contribution in [3.8, 4) is 0 Å². The summed E-state index contributed by atoms with van der Waals surface area (Å²) < 4.78 is 1.54. The number of carbonyl (C=O) groups excluding carboxylic acids is 2. The van der Waals surface area contributed by atoms with Crippen LogP contribution in [0, 0.1) is 5.41 Å². The Morgan fingerprint density at radius 1 is 1.19 bits per heavy atom. The number of amides is 2. The van der Waals surface area contributed by atoms with Gasteiger partial charge in [0.25, 0.3) is 5.56 Å². The van der Waals surface area contributed by atoms with Crippen LogP contribution in [0.15, 0.2) is 29.2 Å². The minimum atomic E-state index is -0.516. The molecule has 0 radical (unpaired) electrons. The topological polar surface area (TPSA) is 71.4 Å². The number of rotatable bonds is 3. The van der Waals surface area contributed by atoms with Crippen molar-refractivity contribution in [2.45, 2.75) is 33.4 Å². The standard InChI is InChI=1S/C15H21N3O3/c1-15(2,3)13-14(21)16-10-12(20)18(13)9-8-17-7-5-4-6-11(17)19/h4-7,13H,8-10H2,1-3H3,(H,16,21). The highest BCUT2D eigenvalue weighted by atomic mass is 16.2. The number of hydrogen-bond donors (Lipinski definition) is 1. The van der Waals surface area contributed by atoms with Crippen molar-refractivity contribution in [2.75, 3.05) is 13.1 Å². The summed E-state index contributed by atoms with van der Waals surface area (Å²) in [7, 11) is 0. The van der Waals surface area contributed by atoms with Gasteiger partial charge < -0.3 is 14.8 Å². The molecule has 1 aromatic heterocycles. The molecule has 0 spiro atoms. The van der Waals surface area contributed by atoms with Crippen molar-refractivity contribution < 1.29 is 9.59 Å². The van der Waals surface area contributed by atoms with E-state index >= 15 is 0 Å². The fourth-order valence-electron chi connectivity index (χ4n) is 2.62. The Bertz CT molecular complexity index is 601. The number of nitrogens with one attached hydrogen (secondary N) is 1. The van der Waals surface area contributed by atoms with Gasteiger partial charge in [0.2, 0.25) is 11.8 Å². The maximum Gasteiger partial charge on any atom is 0.250 e. The molecule has 2 rings (SSSR count). The van der Waals surface area contributed by atoms with Crippen molar-refractivity contribution in [2.24, 2.45) is 5.41 Å². The average Bonchev–Trinajstić information content (AvgIpc) is 2.39. The van der Waals surface area contributed by atoms with E-state index in [0.717, 1.165) is 0 Å². The second-order valence-corrected chi connectivity index (χ2v) is 6.31. The maximum atomic E-state index is 12.1. The van der Waals surface area contributed by atoms with E-state index in [1.807, 2.05) is 20.8 Å². The van der Waals surface area contributed by atoms with E-state index in [1.165, 1.54) is 6.07 Å². The summed E-state index contributed by atoms with van der Waals surface area (Å²) in [6.45, 7) is 6.53. The molecule has 1 aliphatic rings. The first-order valence-corrected chi connectivity index (χ1v) is 7.03. The molecule has 0 bridgehead atoms. The summed E-state index contributed by atoms with van der Waals surface area (Å²) >= 11 is 0. The fourth-order valence-corrected chi connectivity index (χ4v) is 2.62. The summed E-state index contributed by atoms with van der Waals surface area (Å²) in [4.78, 5) is 37.5. The van der Waals surface area contributed by atoms with Crippen LogP contribution >= 0.6 is 0 Å². The molecule has 1 atom stereocenters. The second-order valence-electron chi connectivity index (χ2n) is 6.31. The van der Waals surface area contributed by atoms with Crippen molar-refractivity contribution in [1.29, 1.82) is 0 Å². The van der Waals surface area contributed by atoms with E-state index < -0.39 is 6.04 Å². The van der Waals surface area contributed by atoms with Gasteiger partial charge in [-0.25, -0.2) is 0 Å². The SMILES string of the molecule is CC(C)(C)C1C(=O)NCC(=O)N1CCn1ccccc1=O. The van der Waals surface area contributed by atoms with Gasteiger partial charge in [0, 0.05) is 25.4 Å². The van der Waals surface area contributed by atoms with Crippen molar-refractivity contribution in [3.05, 3.63) is 34.7 Å². The lowest BCUT2D eigenvalue weighted by Crippen LogP contribution is -2.63. The van der Waals surface area contributed by atoms with Crippen LogP contribution in [0.2, 0.25) is 0 Å². The molecule has 0 aliphatic carbocycles. The number of pyridine rings is 1. The molecular weight excluding hydrogens is 270 g/mol. The lowest BCUT2D eigenvalue weighted by Gasteiger charge is -2.42. The second kappa shape index (κ2) is 5.71. The lowest BCUT2D eigenvalue weighted by molar-refractivity contribution is -0.150. The molecule has 1 N–H and O–H groups in total. The van der Waals surface area contributed by atoms with Gasteiger partial charge in [0.1, 0.15) is 6.04 Å². The highest BCUT2D eigenvalue weighted by Crippen LogP contribution is 2.26. The van der Waals surface area contributed by atoms with Crippen LogP contribution in [-0.4, -0.2) is 40.4 Å². The number of nitrogens with zero attached hydrogens (tertiary/aromatic N) is 2. The molecule has 1 saturated heterocycles. The van der Waals surface area contributed by atoms with Gasteiger partial charge >= 0.3 is 0 Å². The predicted molar refractivity (Wildman–Crippen MR) is 78.7 cm³/mol. The Morgan fingerprint density at radius 2 is 1.90 bits per heavy atom. The van der Waals surface area contributed by atoms with Gasteiger partial charge in [-0.05, 0) is 11.5 Å². The number of piperazine rings is 1. The summed E-state index contributed by atoms with van der Waals surface area (Å²) in [5.74, 6) is -0.249. The molecule has 0 aromatic carbocycles. The predicted octanol–water partition coefficient (Wildman–Crippen LogP) is 0.221. The van der Waals surface area contributed by atoms with Crippen LogP contribution in [-0.2, 0) is 16.1 Å². The third kappa shape index (κ3) is 3.32. The molecule has 0 saturated carbocycles. The van der Waals surface area contributed by atoms with Crippen molar-refractivity contribution in [1.82, 2.24) is 14.8 Å². The van der Waals surface area contributed by atoms with Gasteiger partial charge in [-0.1, -0.05) is 26.8 Å². The van der Waals surface area contributed by atoms with E-state index in [9.17, 15) is 14.4 Å². The smallest absolute Gasteiger partial charge is 0.250 e. The Balaban J connectivity index is 2.18. The van der Waals surface area contributed by atoms with Gasteiger partial charge in [-0.2, -0.15) is 0 Å². The minimum absolute atomic E-state index is 0.0229. The molecule has 21 heavy (non-hydrogen) atoms. The van der Waals surface area contributed by atoms with Gasteiger partial charge in [-0.15, -0.1) is 0 Å². The number of hydrogen-bond acceptors (Lipinski definition) is 3. The molecule has 2 amide bonds. The van der Waals surface area contributed by atoms with Gasteiger partial charge in [-0.3, -0.25) is 14.4 Å².